The average molecular weight is 412 g/mol. The molecule has 0 atom stereocenters. The van der Waals surface area contributed by atoms with E-state index >= 15 is 0 Å². The fourth-order valence-corrected chi connectivity index (χ4v) is 4.31. The monoisotopic (exact) mass is 411 g/mol. The zero-order valence-electron chi connectivity index (χ0n) is 19.4. The molecule has 30 heavy (non-hydrogen) atoms. The molecule has 0 aromatic carbocycles. The van der Waals surface area contributed by atoms with Gasteiger partial charge < -0.3 is 10.2 Å². The Balaban J connectivity index is 1.42. The summed E-state index contributed by atoms with van der Waals surface area (Å²) in [5, 5.41) is 3.60. The van der Waals surface area contributed by atoms with Crippen molar-refractivity contribution in [3.8, 4) is 0 Å². The molecule has 5 heteroatoms. The molecule has 0 unspecified atom stereocenters. The lowest BCUT2D eigenvalue weighted by Gasteiger charge is -2.32. The van der Waals surface area contributed by atoms with Gasteiger partial charge >= 0.3 is 0 Å². The largest absolute Gasteiger partial charge is 0.356 e. The normalized spacial score (nSPS) is 19.4. The molecule has 1 aromatic rings. The highest BCUT2D eigenvalue weighted by Crippen LogP contribution is 2.20. The van der Waals surface area contributed by atoms with Gasteiger partial charge in [0.05, 0.1) is 0 Å². The van der Waals surface area contributed by atoms with E-state index in [4.69, 9.17) is 4.98 Å². The Morgan fingerprint density at radius 3 is 2.47 bits per heavy atom. The third-order valence-electron chi connectivity index (χ3n) is 6.28. The Bertz CT molecular complexity index is 691. The van der Waals surface area contributed by atoms with Gasteiger partial charge in [-0.05, 0) is 65.4 Å². The van der Waals surface area contributed by atoms with Crippen LogP contribution in [-0.4, -0.2) is 53.6 Å². The van der Waals surface area contributed by atoms with E-state index in [1.165, 1.54) is 43.3 Å². The Kier molecular flexibility index (Phi) is 9.19. The van der Waals surface area contributed by atoms with Crippen molar-refractivity contribution in [2.45, 2.75) is 78.2 Å². The number of likely N-dealkylation sites (tertiary alicyclic amines) is 1. The van der Waals surface area contributed by atoms with Crippen LogP contribution in [0.2, 0.25) is 0 Å². The third-order valence-corrected chi connectivity index (χ3v) is 6.28. The van der Waals surface area contributed by atoms with Crippen LogP contribution in [0, 0.1) is 0 Å². The van der Waals surface area contributed by atoms with Crippen molar-refractivity contribution in [1.82, 2.24) is 14.9 Å². The van der Waals surface area contributed by atoms with Gasteiger partial charge in [0.25, 0.3) is 0 Å². The van der Waals surface area contributed by atoms with Gasteiger partial charge in [0, 0.05) is 45.0 Å². The van der Waals surface area contributed by atoms with Crippen LogP contribution >= 0.6 is 0 Å². The molecule has 5 nitrogen and oxygen atoms in total. The fraction of sp³-hybridized carbons (Fsp3) is 0.680. The van der Waals surface area contributed by atoms with Crippen LogP contribution in [-0.2, 0) is 0 Å². The predicted octanol–water partition coefficient (Wildman–Crippen LogP) is 5.43. The van der Waals surface area contributed by atoms with E-state index in [-0.39, 0.29) is 0 Å². The second-order valence-corrected chi connectivity index (χ2v) is 9.23. The van der Waals surface area contributed by atoms with Crippen molar-refractivity contribution in [3.05, 3.63) is 35.6 Å². The van der Waals surface area contributed by atoms with Crippen molar-refractivity contribution in [2.75, 3.05) is 42.9 Å². The van der Waals surface area contributed by atoms with E-state index in [0.717, 1.165) is 63.8 Å². The van der Waals surface area contributed by atoms with Crippen molar-refractivity contribution in [1.29, 1.82) is 0 Å². The number of nitrogens with zero attached hydrogens (tertiary/aromatic N) is 4. The van der Waals surface area contributed by atoms with E-state index in [9.17, 15) is 0 Å². The van der Waals surface area contributed by atoms with Crippen LogP contribution in [0.4, 0.5) is 11.8 Å². The highest BCUT2D eigenvalue weighted by atomic mass is 15.2. The van der Waals surface area contributed by atoms with Crippen molar-refractivity contribution >= 4 is 11.8 Å². The minimum absolute atomic E-state index is 0.475. The molecule has 0 spiro atoms. The lowest BCUT2D eigenvalue weighted by Crippen LogP contribution is -2.39. The van der Waals surface area contributed by atoms with Crippen LogP contribution in [0.25, 0.3) is 0 Å². The van der Waals surface area contributed by atoms with E-state index in [0.29, 0.717) is 6.04 Å². The smallest absolute Gasteiger partial charge is 0.224 e. The Morgan fingerprint density at radius 1 is 1.03 bits per heavy atom. The molecule has 1 N–H and O–H groups in total. The Labute approximate surface area is 183 Å². The van der Waals surface area contributed by atoms with Crippen LogP contribution in [0.3, 0.4) is 0 Å². The van der Waals surface area contributed by atoms with Gasteiger partial charge in [-0.3, -0.25) is 4.90 Å². The summed E-state index contributed by atoms with van der Waals surface area (Å²) in [6.07, 6.45) is 16.5. The Hall–Kier alpha value is -1.88. The topological polar surface area (TPSA) is 44.3 Å². The lowest BCUT2D eigenvalue weighted by molar-refractivity contribution is 0.239. The molecule has 0 aliphatic carbocycles. The maximum Gasteiger partial charge on any atom is 0.224 e. The molecule has 2 aliphatic rings. The molecule has 3 rings (SSSR count). The molecule has 166 valence electrons. The number of hydrogen-bond acceptors (Lipinski definition) is 5. The number of hydrogen-bond donors (Lipinski definition) is 1. The molecule has 0 bridgehead atoms. The predicted molar refractivity (Wildman–Crippen MR) is 128 cm³/mol. The average Bonchev–Trinajstić information content (AvgIpc) is 3.03. The number of nitrogens with one attached hydrogen (secondary N) is 1. The summed E-state index contributed by atoms with van der Waals surface area (Å²) in [5.74, 6) is 1.88. The minimum atomic E-state index is 0.475. The highest BCUT2D eigenvalue weighted by molar-refractivity contribution is 5.43. The molecular formula is C25H41N5. The molecule has 1 aromatic heterocycles. The van der Waals surface area contributed by atoms with Crippen LogP contribution in [0.5, 0.6) is 0 Å². The summed E-state index contributed by atoms with van der Waals surface area (Å²) >= 11 is 0. The van der Waals surface area contributed by atoms with Crippen LogP contribution in [0.15, 0.2) is 35.6 Å². The fourth-order valence-electron chi connectivity index (χ4n) is 4.31. The van der Waals surface area contributed by atoms with Gasteiger partial charge in [0.15, 0.2) is 0 Å². The van der Waals surface area contributed by atoms with Crippen molar-refractivity contribution in [2.24, 2.45) is 0 Å². The molecule has 2 aliphatic heterocycles. The third kappa shape index (κ3) is 7.75. The maximum absolute atomic E-state index is 4.83. The molecule has 2 saturated heterocycles. The molecular weight excluding hydrogens is 370 g/mol. The summed E-state index contributed by atoms with van der Waals surface area (Å²) in [7, 11) is 0. The van der Waals surface area contributed by atoms with E-state index in [1.54, 1.807) is 0 Å². The second-order valence-electron chi connectivity index (χ2n) is 9.23. The highest BCUT2D eigenvalue weighted by Gasteiger charge is 2.19. The maximum atomic E-state index is 4.83. The standard InChI is InChI=1S/C25H41N5/c1-21(2)9-8-10-22(3)12-18-29-19-13-23(14-20-29)27-25-26-15-11-24(28-25)30-16-6-4-5-7-17-30/h9,11-12,15,23H,4-8,10,13-14,16-20H2,1-3H3,(H,26,27,28). The molecule has 3 heterocycles. The van der Waals surface area contributed by atoms with Gasteiger partial charge in [-0.2, -0.15) is 4.98 Å². The SMILES string of the molecule is CC(C)=CCCC(C)=CCN1CCC(Nc2nccc(N3CCCCCC3)n2)CC1. The van der Waals surface area contributed by atoms with Crippen molar-refractivity contribution < 1.29 is 0 Å². The van der Waals surface area contributed by atoms with E-state index < -0.39 is 0 Å². The van der Waals surface area contributed by atoms with Gasteiger partial charge in [0.2, 0.25) is 5.95 Å². The van der Waals surface area contributed by atoms with Crippen LogP contribution in [0.1, 0.15) is 72.1 Å². The Morgan fingerprint density at radius 2 is 1.77 bits per heavy atom. The first-order valence-electron chi connectivity index (χ1n) is 12.0. The zero-order valence-corrected chi connectivity index (χ0v) is 19.4. The van der Waals surface area contributed by atoms with Crippen LogP contribution < -0.4 is 10.2 Å². The molecule has 0 radical (unpaired) electrons. The first kappa shape index (κ1) is 22.8. The summed E-state index contributed by atoms with van der Waals surface area (Å²) < 4.78 is 0. The summed E-state index contributed by atoms with van der Waals surface area (Å²) in [5.41, 5.74) is 2.92. The lowest BCUT2D eigenvalue weighted by atomic mass is 10.0. The zero-order chi connectivity index (χ0) is 21.2. The quantitative estimate of drug-likeness (QED) is 0.578. The molecule has 0 saturated carbocycles. The molecule has 2 fully saturated rings. The summed E-state index contributed by atoms with van der Waals surface area (Å²) in [6.45, 7) is 12.2. The number of anilines is 2. The molecule has 0 amide bonds. The van der Waals surface area contributed by atoms with Gasteiger partial charge in [-0.25, -0.2) is 4.98 Å². The number of allylic oxidation sites excluding steroid dienone is 3. The van der Waals surface area contributed by atoms with Gasteiger partial charge in [-0.15, -0.1) is 0 Å². The van der Waals surface area contributed by atoms with E-state index in [2.05, 4.69) is 59.1 Å². The summed E-state index contributed by atoms with van der Waals surface area (Å²) in [4.78, 5) is 14.3. The summed E-state index contributed by atoms with van der Waals surface area (Å²) in [6, 6.07) is 2.54. The van der Waals surface area contributed by atoms with E-state index in [1.807, 2.05) is 6.20 Å². The second kappa shape index (κ2) is 12.1. The first-order valence-corrected chi connectivity index (χ1v) is 12.0. The number of aromatic nitrogens is 2. The minimum Gasteiger partial charge on any atom is -0.356 e. The number of rotatable bonds is 8. The van der Waals surface area contributed by atoms with Crippen molar-refractivity contribution in [3.63, 3.8) is 0 Å². The number of piperidine rings is 1. The van der Waals surface area contributed by atoms with Gasteiger partial charge in [0.1, 0.15) is 5.82 Å². The van der Waals surface area contributed by atoms with Gasteiger partial charge in [-0.1, -0.05) is 36.1 Å². The first-order chi connectivity index (χ1) is 14.6.